The van der Waals surface area contributed by atoms with E-state index in [1.165, 1.54) is 35.0 Å². The van der Waals surface area contributed by atoms with Gasteiger partial charge in [-0.2, -0.15) is 0 Å². The molecule has 0 N–H and O–H groups in total. The molecule has 2 heterocycles. The number of nitrogens with zero attached hydrogens (tertiary/aromatic N) is 4. The highest BCUT2D eigenvalue weighted by Gasteiger charge is 2.34. The molecule has 3 rings (SSSR count). The summed E-state index contributed by atoms with van der Waals surface area (Å²) in [6.07, 6.45) is 4.68. The molecule has 0 bridgehead atoms. The van der Waals surface area contributed by atoms with Crippen LogP contribution in [0.5, 0.6) is 0 Å². The van der Waals surface area contributed by atoms with Crippen LogP contribution in [0, 0.1) is 10.1 Å². The largest absolute Gasteiger partial charge is 0.283 e. The van der Waals surface area contributed by atoms with Crippen molar-refractivity contribution in [3.8, 4) is 0 Å². The number of amides is 1. The Kier molecular flexibility index (Phi) is 5.91. The minimum Gasteiger partial charge on any atom is -0.283 e. The number of aliphatic imine (C=N–C) groups is 1. The van der Waals surface area contributed by atoms with Gasteiger partial charge in [0.25, 0.3) is 11.6 Å². The summed E-state index contributed by atoms with van der Waals surface area (Å²) in [6.45, 7) is 5.80. The molecule has 1 amide bonds. The molecule has 7 nitrogen and oxygen atoms in total. The highest BCUT2D eigenvalue weighted by molar-refractivity contribution is 8.18. The Bertz CT molecular complexity index is 1020. The number of halogens is 1. The summed E-state index contributed by atoms with van der Waals surface area (Å²) in [4.78, 5) is 33.8. The Hall–Kier alpha value is -2.97. The summed E-state index contributed by atoms with van der Waals surface area (Å²) < 4.78 is 0. The fourth-order valence-corrected chi connectivity index (χ4v) is 3.76. The Morgan fingerprint density at radius 2 is 2.11 bits per heavy atom. The molecule has 1 aromatic heterocycles. The van der Waals surface area contributed by atoms with E-state index in [1.54, 1.807) is 37.4 Å². The zero-order chi connectivity index (χ0) is 20.3. The van der Waals surface area contributed by atoms with Crippen molar-refractivity contribution < 1.29 is 9.72 Å². The summed E-state index contributed by atoms with van der Waals surface area (Å²) in [5, 5.41) is 11.7. The third-order valence-corrected chi connectivity index (χ3v) is 5.46. The average molecular weight is 415 g/mol. The molecule has 1 aliphatic rings. The molecule has 28 heavy (non-hydrogen) atoms. The van der Waals surface area contributed by atoms with Crippen LogP contribution in [0.25, 0.3) is 5.57 Å². The van der Waals surface area contributed by atoms with Crippen molar-refractivity contribution in [3.05, 3.63) is 81.0 Å². The Morgan fingerprint density at radius 1 is 1.39 bits per heavy atom. The summed E-state index contributed by atoms with van der Waals surface area (Å²) in [5.41, 5.74) is 1.94. The molecule has 0 radical (unpaired) electrons. The van der Waals surface area contributed by atoms with Crippen LogP contribution in [0.1, 0.15) is 12.5 Å². The van der Waals surface area contributed by atoms with Crippen LogP contribution >= 0.6 is 23.4 Å². The molecule has 0 spiro atoms. The fraction of sp³-hybridized carbons (Fsp3) is 0.105. The first-order chi connectivity index (χ1) is 13.4. The summed E-state index contributed by atoms with van der Waals surface area (Å²) in [6, 6.07) is 7.74. The van der Waals surface area contributed by atoms with Gasteiger partial charge in [-0.05, 0) is 48.0 Å². The highest BCUT2D eigenvalue weighted by atomic mass is 35.5. The molecule has 142 valence electrons. The topological polar surface area (TPSA) is 88.7 Å². The van der Waals surface area contributed by atoms with Crippen molar-refractivity contribution in [3.63, 3.8) is 0 Å². The fourth-order valence-electron chi connectivity index (χ4n) is 2.54. The average Bonchev–Trinajstić information content (AvgIpc) is 2.99. The first-order valence-electron chi connectivity index (χ1n) is 8.17. The number of hydrogen-bond acceptors (Lipinski definition) is 6. The van der Waals surface area contributed by atoms with Gasteiger partial charge in [-0.3, -0.25) is 24.8 Å². The van der Waals surface area contributed by atoms with E-state index in [9.17, 15) is 14.9 Å². The van der Waals surface area contributed by atoms with Crippen molar-refractivity contribution in [1.29, 1.82) is 0 Å². The number of rotatable bonds is 5. The zero-order valence-corrected chi connectivity index (χ0v) is 16.4. The van der Waals surface area contributed by atoms with Crippen LogP contribution < -0.4 is 0 Å². The van der Waals surface area contributed by atoms with Crippen LogP contribution in [-0.2, 0) is 4.79 Å². The van der Waals surface area contributed by atoms with Crippen molar-refractivity contribution >= 4 is 51.4 Å². The SMILES string of the molecule is C=CCN1C(=O)/C(=C(\C)c2ccc([N+](=O)[O-])cc2)SC1=Nc1ccncc1Cl. The Labute approximate surface area is 170 Å². The zero-order valence-electron chi connectivity index (χ0n) is 14.8. The van der Waals surface area contributed by atoms with E-state index < -0.39 is 4.92 Å². The number of pyridine rings is 1. The maximum atomic E-state index is 12.9. The lowest BCUT2D eigenvalue weighted by atomic mass is 10.1. The van der Waals surface area contributed by atoms with Crippen molar-refractivity contribution in [1.82, 2.24) is 9.88 Å². The van der Waals surface area contributed by atoms with E-state index in [0.717, 1.165) is 5.56 Å². The second-order valence-corrected chi connectivity index (χ2v) is 7.17. The number of nitro groups is 1. The number of carbonyl (C=O) groups excluding carboxylic acids is 1. The van der Waals surface area contributed by atoms with Gasteiger partial charge < -0.3 is 0 Å². The lowest BCUT2D eigenvalue weighted by Gasteiger charge is -2.13. The molecule has 2 aromatic rings. The van der Waals surface area contributed by atoms with Crippen LogP contribution in [0.4, 0.5) is 11.4 Å². The molecule has 1 fully saturated rings. The van der Waals surface area contributed by atoms with Crippen LogP contribution in [0.15, 0.2) is 65.3 Å². The van der Waals surface area contributed by atoms with Gasteiger partial charge in [-0.1, -0.05) is 17.7 Å². The van der Waals surface area contributed by atoms with E-state index in [0.29, 0.717) is 32.9 Å². The number of thioether (sulfide) groups is 1. The smallest absolute Gasteiger partial charge is 0.269 e. The minimum absolute atomic E-state index is 0.00480. The predicted molar refractivity (Wildman–Crippen MR) is 112 cm³/mol. The molecule has 9 heteroatoms. The predicted octanol–water partition coefficient (Wildman–Crippen LogP) is 4.82. The van der Waals surface area contributed by atoms with Crippen molar-refractivity contribution in [2.24, 2.45) is 4.99 Å². The van der Waals surface area contributed by atoms with Gasteiger partial charge in [-0.15, -0.1) is 6.58 Å². The standard InChI is InChI=1S/C19H15ClN4O3S/c1-3-10-23-18(25)17(12(2)13-4-6-14(7-5-13)24(26)27)28-19(23)22-16-8-9-21-11-15(16)20/h3-9,11H,1,10H2,2H3/b17-12-,22-19?. The van der Waals surface area contributed by atoms with E-state index in [-0.39, 0.29) is 11.6 Å². The number of allylic oxidation sites excluding steroid dienone is 1. The molecule has 1 aliphatic heterocycles. The quantitative estimate of drug-likeness (QED) is 0.303. The molecule has 1 aromatic carbocycles. The number of non-ortho nitro benzene ring substituents is 1. The maximum Gasteiger partial charge on any atom is 0.269 e. The molecule has 1 saturated heterocycles. The molecule has 0 unspecified atom stereocenters. The van der Waals surface area contributed by atoms with Gasteiger partial charge in [0.2, 0.25) is 0 Å². The first-order valence-corrected chi connectivity index (χ1v) is 9.36. The summed E-state index contributed by atoms with van der Waals surface area (Å²) >= 11 is 7.36. The number of aromatic nitrogens is 1. The Morgan fingerprint density at radius 3 is 2.71 bits per heavy atom. The van der Waals surface area contributed by atoms with Crippen molar-refractivity contribution in [2.75, 3.05) is 6.54 Å². The van der Waals surface area contributed by atoms with E-state index >= 15 is 0 Å². The third-order valence-electron chi connectivity index (χ3n) is 3.99. The lowest BCUT2D eigenvalue weighted by Crippen LogP contribution is -2.29. The number of carbonyl (C=O) groups is 1. The van der Waals surface area contributed by atoms with Crippen molar-refractivity contribution in [2.45, 2.75) is 6.92 Å². The number of nitro benzene ring substituents is 1. The maximum absolute atomic E-state index is 12.9. The Balaban J connectivity index is 2.01. The van der Waals surface area contributed by atoms with Gasteiger partial charge in [0.15, 0.2) is 5.17 Å². The molecule has 0 atom stereocenters. The number of amidine groups is 1. The highest BCUT2D eigenvalue weighted by Crippen LogP contribution is 2.38. The third kappa shape index (κ3) is 3.97. The summed E-state index contributed by atoms with van der Waals surface area (Å²) in [5.74, 6) is -0.204. The second-order valence-electron chi connectivity index (χ2n) is 5.79. The molecular weight excluding hydrogens is 400 g/mol. The van der Waals surface area contributed by atoms with E-state index in [4.69, 9.17) is 11.6 Å². The van der Waals surface area contributed by atoms with Gasteiger partial charge >= 0.3 is 0 Å². The summed E-state index contributed by atoms with van der Waals surface area (Å²) in [7, 11) is 0. The number of benzene rings is 1. The van der Waals surface area contributed by atoms with E-state index in [1.807, 2.05) is 0 Å². The van der Waals surface area contributed by atoms with Gasteiger partial charge in [0.1, 0.15) is 0 Å². The molecular formula is C19H15ClN4O3S. The monoisotopic (exact) mass is 414 g/mol. The lowest BCUT2D eigenvalue weighted by molar-refractivity contribution is -0.384. The number of hydrogen-bond donors (Lipinski definition) is 0. The van der Waals surface area contributed by atoms with Crippen LogP contribution in [0.2, 0.25) is 5.02 Å². The second kappa shape index (κ2) is 8.37. The normalized spacial score (nSPS) is 17.1. The van der Waals surface area contributed by atoms with Crippen LogP contribution in [0.3, 0.4) is 0 Å². The van der Waals surface area contributed by atoms with Gasteiger partial charge in [0.05, 0.1) is 20.5 Å². The molecule has 0 aliphatic carbocycles. The first kappa shape index (κ1) is 19.8. The van der Waals surface area contributed by atoms with Gasteiger partial charge in [0, 0.05) is 31.1 Å². The van der Waals surface area contributed by atoms with Crippen LogP contribution in [-0.4, -0.2) is 32.4 Å². The van der Waals surface area contributed by atoms with Gasteiger partial charge in [-0.25, -0.2) is 4.99 Å². The molecule has 0 saturated carbocycles. The van der Waals surface area contributed by atoms with E-state index in [2.05, 4.69) is 16.6 Å². The minimum atomic E-state index is -0.462.